The van der Waals surface area contributed by atoms with Crippen LogP contribution in [0.4, 0.5) is 0 Å². The third kappa shape index (κ3) is 4.96. The van der Waals surface area contributed by atoms with Crippen molar-refractivity contribution in [2.24, 2.45) is 0 Å². The highest BCUT2D eigenvalue weighted by atomic mass is 79.9. The quantitative estimate of drug-likeness (QED) is 0.844. The summed E-state index contributed by atoms with van der Waals surface area (Å²) in [4.78, 5) is 11.6. The minimum Gasteiger partial charge on any atom is -0.396 e. The Balaban J connectivity index is 2.70. The molecule has 0 spiro atoms. The predicted octanol–water partition coefficient (Wildman–Crippen LogP) is 2.92. The maximum absolute atomic E-state index is 11.6. The van der Waals surface area contributed by atoms with Crippen LogP contribution in [0.5, 0.6) is 0 Å². The first-order valence-electron chi connectivity index (χ1n) is 6.51. The molecule has 106 valence electrons. The molecule has 1 amide bonds. The minimum absolute atomic E-state index is 0.00484. The maximum Gasteiger partial charge on any atom is 0.220 e. The zero-order chi connectivity index (χ0) is 14.5. The van der Waals surface area contributed by atoms with Gasteiger partial charge in [-0.3, -0.25) is 4.79 Å². The second-order valence-corrected chi connectivity index (χ2v) is 6.36. The molecule has 19 heavy (non-hydrogen) atoms. The van der Waals surface area contributed by atoms with Crippen molar-refractivity contribution in [1.82, 2.24) is 5.32 Å². The van der Waals surface area contributed by atoms with E-state index in [4.69, 9.17) is 5.11 Å². The van der Waals surface area contributed by atoms with Gasteiger partial charge in [-0.15, -0.1) is 0 Å². The summed E-state index contributed by atoms with van der Waals surface area (Å²) < 4.78 is 1.05. The van der Waals surface area contributed by atoms with Crippen LogP contribution < -0.4 is 5.32 Å². The molecule has 1 rings (SSSR count). The van der Waals surface area contributed by atoms with Gasteiger partial charge in [0.1, 0.15) is 0 Å². The molecular weight excluding hydrogens is 306 g/mol. The fraction of sp³-hybridized carbons (Fsp3) is 0.533. The van der Waals surface area contributed by atoms with Crippen molar-refractivity contribution >= 4 is 21.8 Å². The normalized spacial score (nSPS) is 11.4. The Labute approximate surface area is 123 Å². The van der Waals surface area contributed by atoms with Crippen LogP contribution in [-0.2, 0) is 10.2 Å². The van der Waals surface area contributed by atoms with Crippen LogP contribution in [0.2, 0.25) is 0 Å². The van der Waals surface area contributed by atoms with E-state index < -0.39 is 0 Å². The van der Waals surface area contributed by atoms with Crippen molar-refractivity contribution in [3.05, 3.63) is 33.8 Å². The van der Waals surface area contributed by atoms with Gasteiger partial charge in [0.05, 0.1) is 0 Å². The molecule has 0 saturated heterocycles. The van der Waals surface area contributed by atoms with Gasteiger partial charge >= 0.3 is 0 Å². The molecule has 0 bridgehead atoms. The molecule has 0 radical (unpaired) electrons. The first kappa shape index (κ1) is 16.2. The Bertz CT molecular complexity index is 444. The summed E-state index contributed by atoms with van der Waals surface area (Å²) in [7, 11) is 0. The molecule has 0 aliphatic heterocycles. The fourth-order valence-electron chi connectivity index (χ4n) is 2.07. The van der Waals surface area contributed by atoms with Gasteiger partial charge in [0, 0.05) is 29.5 Å². The molecule has 1 aromatic rings. The molecule has 0 heterocycles. The van der Waals surface area contributed by atoms with Crippen LogP contribution in [0.25, 0.3) is 0 Å². The Kier molecular flexibility index (Phi) is 6.01. The summed E-state index contributed by atoms with van der Waals surface area (Å²) in [5.41, 5.74) is 2.32. The van der Waals surface area contributed by atoms with E-state index in [0.717, 1.165) is 4.47 Å². The number of aliphatic hydroxyl groups excluding tert-OH is 1. The molecular formula is C15H22BrNO2. The van der Waals surface area contributed by atoms with Crippen LogP contribution >= 0.6 is 15.9 Å². The van der Waals surface area contributed by atoms with E-state index in [1.54, 1.807) is 0 Å². The number of carbonyl (C=O) groups excluding carboxylic acids is 1. The number of aryl methyl sites for hydroxylation is 1. The molecule has 4 heteroatoms. The molecule has 3 nitrogen and oxygen atoms in total. The summed E-state index contributed by atoms with van der Waals surface area (Å²) in [5, 5.41) is 11.6. The van der Waals surface area contributed by atoms with Crippen molar-refractivity contribution in [3.8, 4) is 0 Å². The molecule has 0 fully saturated rings. The van der Waals surface area contributed by atoms with Crippen molar-refractivity contribution < 1.29 is 9.90 Å². The van der Waals surface area contributed by atoms with Crippen LogP contribution in [0.15, 0.2) is 22.7 Å². The molecule has 1 aromatic carbocycles. The van der Waals surface area contributed by atoms with Gasteiger partial charge < -0.3 is 10.4 Å². The Morgan fingerprint density at radius 1 is 1.42 bits per heavy atom. The molecule has 0 unspecified atom stereocenters. The predicted molar refractivity (Wildman–Crippen MR) is 81.2 cm³/mol. The number of hydrogen-bond acceptors (Lipinski definition) is 2. The van der Waals surface area contributed by atoms with Gasteiger partial charge in [-0.2, -0.15) is 0 Å². The van der Waals surface area contributed by atoms with Gasteiger partial charge in [-0.25, -0.2) is 0 Å². The number of benzene rings is 1. The Morgan fingerprint density at radius 2 is 2.11 bits per heavy atom. The van der Waals surface area contributed by atoms with E-state index in [9.17, 15) is 4.79 Å². The second-order valence-electron chi connectivity index (χ2n) is 5.45. The lowest BCUT2D eigenvalue weighted by atomic mass is 9.82. The summed E-state index contributed by atoms with van der Waals surface area (Å²) in [6.07, 6.45) is 0.895. The lowest BCUT2D eigenvalue weighted by Crippen LogP contribution is -2.37. The van der Waals surface area contributed by atoms with E-state index in [-0.39, 0.29) is 17.9 Å². The maximum atomic E-state index is 11.6. The zero-order valence-corrected chi connectivity index (χ0v) is 13.4. The van der Waals surface area contributed by atoms with Crippen molar-refractivity contribution in [3.63, 3.8) is 0 Å². The SMILES string of the molecule is Cc1ccc(Br)cc1C(C)(C)CNC(=O)CCCO. The highest BCUT2D eigenvalue weighted by Gasteiger charge is 2.23. The third-order valence-electron chi connectivity index (χ3n) is 3.22. The van der Waals surface area contributed by atoms with Crippen LogP contribution in [-0.4, -0.2) is 24.2 Å². The molecule has 0 saturated carbocycles. The Hall–Kier alpha value is -0.870. The summed E-state index contributed by atoms with van der Waals surface area (Å²) in [5.74, 6) is -0.00484. The van der Waals surface area contributed by atoms with Gasteiger partial charge in [-0.05, 0) is 36.6 Å². The zero-order valence-electron chi connectivity index (χ0n) is 11.8. The number of rotatable bonds is 6. The summed E-state index contributed by atoms with van der Waals surface area (Å²) in [6, 6.07) is 6.21. The summed E-state index contributed by atoms with van der Waals surface area (Å²) >= 11 is 3.49. The first-order chi connectivity index (χ1) is 8.86. The average Bonchev–Trinajstić information content (AvgIpc) is 2.36. The molecule has 0 atom stereocenters. The van der Waals surface area contributed by atoms with Crippen LogP contribution in [0.3, 0.4) is 0 Å². The first-order valence-corrected chi connectivity index (χ1v) is 7.30. The monoisotopic (exact) mass is 327 g/mol. The number of carbonyl (C=O) groups is 1. The number of hydrogen-bond donors (Lipinski definition) is 2. The van der Waals surface area contributed by atoms with Gasteiger partial charge in [0.15, 0.2) is 0 Å². The number of nitrogens with one attached hydrogen (secondary N) is 1. The van der Waals surface area contributed by atoms with Crippen LogP contribution in [0.1, 0.15) is 37.8 Å². The molecule has 0 aliphatic rings. The van der Waals surface area contributed by atoms with Crippen molar-refractivity contribution in [2.45, 2.75) is 39.0 Å². The highest BCUT2D eigenvalue weighted by molar-refractivity contribution is 9.10. The lowest BCUT2D eigenvalue weighted by Gasteiger charge is -2.27. The lowest BCUT2D eigenvalue weighted by molar-refractivity contribution is -0.121. The number of aliphatic hydroxyl groups is 1. The van der Waals surface area contributed by atoms with Gasteiger partial charge in [0.25, 0.3) is 0 Å². The number of amides is 1. The topological polar surface area (TPSA) is 49.3 Å². The average molecular weight is 328 g/mol. The molecule has 0 aromatic heterocycles. The van der Waals surface area contributed by atoms with E-state index >= 15 is 0 Å². The second kappa shape index (κ2) is 7.06. The number of halogens is 1. The van der Waals surface area contributed by atoms with E-state index in [1.807, 2.05) is 6.07 Å². The van der Waals surface area contributed by atoms with Crippen molar-refractivity contribution in [1.29, 1.82) is 0 Å². The minimum atomic E-state index is -0.122. The van der Waals surface area contributed by atoms with Gasteiger partial charge in [-0.1, -0.05) is 35.8 Å². The smallest absolute Gasteiger partial charge is 0.220 e. The Morgan fingerprint density at radius 3 is 2.74 bits per heavy atom. The highest BCUT2D eigenvalue weighted by Crippen LogP contribution is 2.28. The van der Waals surface area contributed by atoms with E-state index in [1.165, 1.54) is 11.1 Å². The third-order valence-corrected chi connectivity index (χ3v) is 3.71. The van der Waals surface area contributed by atoms with Gasteiger partial charge in [0.2, 0.25) is 5.91 Å². The summed E-state index contributed by atoms with van der Waals surface area (Å²) in [6.45, 7) is 6.97. The molecule has 2 N–H and O–H groups in total. The van der Waals surface area contributed by atoms with E-state index in [2.05, 4.69) is 54.2 Å². The fourth-order valence-corrected chi connectivity index (χ4v) is 2.43. The van der Waals surface area contributed by atoms with E-state index in [0.29, 0.717) is 19.4 Å². The largest absolute Gasteiger partial charge is 0.396 e. The van der Waals surface area contributed by atoms with Crippen molar-refractivity contribution in [2.75, 3.05) is 13.2 Å². The van der Waals surface area contributed by atoms with Crippen LogP contribution in [0, 0.1) is 6.92 Å². The molecule has 0 aliphatic carbocycles. The standard InChI is InChI=1S/C15H22BrNO2/c1-11-6-7-12(16)9-13(11)15(2,3)10-17-14(19)5-4-8-18/h6-7,9,18H,4-5,8,10H2,1-3H3,(H,17,19).